The maximum Gasteiger partial charge on any atom is 0.274 e. The van der Waals surface area contributed by atoms with E-state index in [1.807, 2.05) is 5.43 Å². The molecule has 2 amide bonds. The largest absolute Gasteiger partial charge is 0.480 e. The average molecular weight is 223 g/mol. The van der Waals surface area contributed by atoms with Crippen molar-refractivity contribution in [2.75, 3.05) is 0 Å². The van der Waals surface area contributed by atoms with Crippen LogP contribution in [-0.2, 0) is 4.79 Å². The molecule has 0 spiro atoms. The Morgan fingerprint density at radius 3 is 2.56 bits per heavy atom. The zero-order chi connectivity index (χ0) is 12.1. The van der Waals surface area contributed by atoms with Crippen LogP contribution < -0.4 is 21.7 Å². The number of rotatable bonds is 4. The van der Waals surface area contributed by atoms with Crippen LogP contribution in [0.5, 0.6) is 5.75 Å². The summed E-state index contributed by atoms with van der Waals surface area (Å²) in [5.41, 5.74) is 7.33. The van der Waals surface area contributed by atoms with Crippen molar-refractivity contribution < 1.29 is 14.3 Å². The molecule has 0 aliphatic carbocycles. The highest BCUT2D eigenvalue weighted by Gasteiger charge is 2.16. The van der Waals surface area contributed by atoms with Gasteiger partial charge in [-0.15, -0.1) is 0 Å². The van der Waals surface area contributed by atoms with Crippen molar-refractivity contribution in [2.24, 2.45) is 11.6 Å². The summed E-state index contributed by atoms with van der Waals surface area (Å²) in [4.78, 5) is 22.2. The molecule has 1 unspecified atom stereocenters. The predicted molar refractivity (Wildman–Crippen MR) is 57.4 cm³/mol. The van der Waals surface area contributed by atoms with Gasteiger partial charge in [0.1, 0.15) is 5.75 Å². The van der Waals surface area contributed by atoms with Crippen LogP contribution in [0.25, 0.3) is 0 Å². The Kier molecular flexibility index (Phi) is 3.84. The summed E-state index contributed by atoms with van der Waals surface area (Å²) in [7, 11) is 0. The Morgan fingerprint density at radius 2 is 2.00 bits per heavy atom. The molecule has 6 heteroatoms. The smallest absolute Gasteiger partial charge is 0.274 e. The zero-order valence-electron chi connectivity index (χ0n) is 8.77. The quantitative estimate of drug-likeness (QED) is 0.364. The molecule has 5 N–H and O–H groups in total. The zero-order valence-corrected chi connectivity index (χ0v) is 8.77. The van der Waals surface area contributed by atoms with Crippen molar-refractivity contribution in [2.45, 2.75) is 13.0 Å². The molecule has 1 aromatic carbocycles. The van der Waals surface area contributed by atoms with E-state index in [0.29, 0.717) is 0 Å². The van der Waals surface area contributed by atoms with Gasteiger partial charge in [0.2, 0.25) is 0 Å². The van der Waals surface area contributed by atoms with E-state index in [1.54, 1.807) is 18.2 Å². The number of carbonyl (C=O) groups is 2. The lowest BCUT2D eigenvalue weighted by molar-refractivity contribution is -0.127. The fourth-order valence-corrected chi connectivity index (χ4v) is 1.13. The third-order valence-corrected chi connectivity index (χ3v) is 1.97. The normalized spacial score (nSPS) is 11.6. The van der Waals surface area contributed by atoms with Gasteiger partial charge in [-0.3, -0.25) is 15.0 Å². The van der Waals surface area contributed by atoms with E-state index in [0.717, 1.165) is 0 Å². The van der Waals surface area contributed by atoms with Gasteiger partial charge in [0.25, 0.3) is 11.8 Å². The minimum atomic E-state index is -0.800. The summed E-state index contributed by atoms with van der Waals surface area (Å²) in [6.07, 6.45) is -0.800. The minimum Gasteiger partial charge on any atom is -0.480 e. The number of nitrogens with two attached hydrogens (primary N) is 2. The van der Waals surface area contributed by atoms with Gasteiger partial charge in [-0.05, 0) is 19.1 Å². The average Bonchev–Trinajstić information content (AvgIpc) is 2.28. The predicted octanol–water partition coefficient (Wildman–Crippen LogP) is -0.457. The van der Waals surface area contributed by atoms with Crippen LogP contribution in [0.1, 0.15) is 17.3 Å². The van der Waals surface area contributed by atoms with Crippen molar-refractivity contribution in [1.29, 1.82) is 0 Å². The Balaban J connectivity index is 2.88. The van der Waals surface area contributed by atoms with Crippen LogP contribution in [0.2, 0.25) is 0 Å². The third-order valence-electron chi connectivity index (χ3n) is 1.97. The number of carbonyl (C=O) groups excluding carboxylic acids is 2. The summed E-state index contributed by atoms with van der Waals surface area (Å²) >= 11 is 0. The lowest BCUT2D eigenvalue weighted by atomic mass is 10.2. The fraction of sp³-hybridized carbons (Fsp3) is 0.200. The third kappa shape index (κ3) is 2.71. The number of benzene rings is 1. The minimum absolute atomic E-state index is 0.221. The van der Waals surface area contributed by atoms with Gasteiger partial charge in [0.05, 0.1) is 5.56 Å². The molecule has 0 aliphatic heterocycles. The molecule has 0 aromatic heterocycles. The molecule has 0 heterocycles. The molecular weight excluding hydrogens is 210 g/mol. The van der Waals surface area contributed by atoms with Crippen LogP contribution in [0, 0.1) is 0 Å². The summed E-state index contributed by atoms with van der Waals surface area (Å²) in [5.74, 6) is 4.11. The number of primary amides is 1. The molecule has 0 saturated carbocycles. The molecule has 0 fully saturated rings. The van der Waals surface area contributed by atoms with E-state index in [1.165, 1.54) is 13.0 Å². The molecule has 1 aromatic rings. The van der Waals surface area contributed by atoms with Gasteiger partial charge in [-0.25, -0.2) is 5.84 Å². The Morgan fingerprint density at radius 1 is 1.38 bits per heavy atom. The first-order valence-electron chi connectivity index (χ1n) is 4.62. The second-order valence-electron chi connectivity index (χ2n) is 3.13. The Hall–Kier alpha value is -2.08. The van der Waals surface area contributed by atoms with Gasteiger partial charge in [0, 0.05) is 0 Å². The van der Waals surface area contributed by atoms with E-state index >= 15 is 0 Å². The van der Waals surface area contributed by atoms with Crippen LogP contribution in [0.3, 0.4) is 0 Å². The number of hydrogen-bond donors (Lipinski definition) is 3. The van der Waals surface area contributed by atoms with Gasteiger partial charge in [0.15, 0.2) is 6.10 Å². The first-order valence-corrected chi connectivity index (χ1v) is 4.62. The monoisotopic (exact) mass is 223 g/mol. The molecule has 6 nitrogen and oxygen atoms in total. The van der Waals surface area contributed by atoms with Crippen LogP contribution in [-0.4, -0.2) is 17.9 Å². The van der Waals surface area contributed by atoms with Crippen molar-refractivity contribution in [1.82, 2.24) is 5.43 Å². The first kappa shape index (κ1) is 12.0. The molecule has 0 aliphatic rings. The van der Waals surface area contributed by atoms with Crippen LogP contribution in [0.15, 0.2) is 24.3 Å². The highest BCUT2D eigenvalue weighted by atomic mass is 16.5. The summed E-state index contributed by atoms with van der Waals surface area (Å²) < 4.78 is 5.27. The molecule has 86 valence electrons. The Bertz CT molecular complexity index is 406. The lowest BCUT2D eigenvalue weighted by Gasteiger charge is -2.14. The maximum absolute atomic E-state index is 11.1. The number of hydrazine groups is 1. The number of para-hydroxylation sites is 1. The lowest BCUT2D eigenvalue weighted by Crippen LogP contribution is -2.40. The number of nitrogens with one attached hydrogen (secondary N) is 1. The van der Waals surface area contributed by atoms with Gasteiger partial charge < -0.3 is 10.5 Å². The van der Waals surface area contributed by atoms with E-state index in [4.69, 9.17) is 16.3 Å². The van der Waals surface area contributed by atoms with E-state index in [-0.39, 0.29) is 11.3 Å². The van der Waals surface area contributed by atoms with E-state index in [2.05, 4.69) is 0 Å². The standard InChI is InChI=1S/C10H13N3O3/c1-6(10(15)13-12)16-8-5-3-2-4-7(8)9(11)14/h2-6H,12H2,1H3,(H2,11,14)(H,13,15). The maximum atomic E-state index is 11.1. The highest BCUT2D eigenvalue weighted by Crippen LogP contribution is 2.18. The van der Waals surface area contributed by atoms with Crippen LogP contribution in [0.4, 0.5) is 0 Å². The van der Waals surface area contributed by atoms with Gasteiger partial charge in [-0.1, -0.05) is 12.1 Å². The second kappa shape index (κ2) is 5.13. The van der Waals surface area contributed by atoms with Crippen molar-refractivity contribution in [3.63, 3.8) is 0 Å². The van der Waals surface area contributed by atoms with Crippen molar-refractivity contribution in [3.05, 3.63) is 29.8 Å². The van der Waals surface area contributed by atoms with Crippen LogP contribution >= 0.6 is 0 Å². The fourth-order valence-electron chi connectivity index (χ4n) is 1.13. The summed E-state index contributed by atoms with van der Waals surface area (Å²) in [6, 6.07) is 6.40. The van der Waals surface area contributed by atoms with Gasteiger partial charge in [-0.2, -0.15) is 0 Å². The molecule has 16 heavy (non-hydrogen) atoms. The topological polar surface area (TPSA) is 107 Å². The Labute approximate surface area is 92.5 Å². The summed E-state index contributed by atoms with van der Waals surface area (Å²) in [5, 5.41) is 0. The summed E-state index contributed by atoms with van der Waals surface area (Å²) in [6.45, 7) is 1.51. The molecule has 0 radical (unpaired) electrons. The second-order valence-corrected chi connectivity index (χ2v) is 3.13. The number of ether oxygens (including phenoxy) is 1. The molecule has 0 bridgehead atoms. The number of hydrogen-bond acceptors (Lipinski definition) is 4. The molecule has 1 atom stereocenters. The van der Waals surface area contributed by atoms with Gasteiger partial charge >= 0.3 is 0 Å². The first-order chi connectivity index (χ1) is 7.56. The highest BCUT2D eigenvalue weighted by molar-refractivity contribution is 5.95. The van der Waals surface area contributed by atoms with Crippen molar-refractivity contribution in [3.8, 4) is 5.75 Å². The molecular formula is C10H13N3O3. The van der Waals surface area contributed by atoms with E-state index < -0.39 is 17.9 Å². The van der Waals surface area contributed by atoms with E-state index in [9.17, 15) is 9.59 Å². The number of amides is 2. The molecule has 0 saturated heterocycles. The van der Waals surface area contributed by atoms with Crippen molar-refractivity contribution >= 4 is 11.8 Å². The molecule has 1 rings (SSSR count). The SMILES string of the molecule is CC(Oc1ccccc1C(N)=O)C(=O)NN.